The quantitative estimate of drug-likeness (QED) is 0.721. The van der Waals surface area contributed by atoms with Gasteiger partial charge in [-0.15, -0.1) is 11.3 Å². The molecule has 0 unspecified atom stereocenters. The van der Waals surface area contributed by atoms with Crippen molar-refractivity contribution in [3.05, 3.63) is 39.8 Å². The van der Waals surface area contributed by atoms with Crippen molar-refractivity contribution in [2.75, 3.05) is 20.8 Å². The first-order valence-electron chi connectivity index (χ1n) is 7.31. The first-order valence-corrected chi connectivity index (χ1v) is 8.19. The number of aromatic nitrogens is 1. The summed E-state index contributed by atoms with van der Waals surface area (Å²) in [5.74, 6) is 1.27. The average molecular weight is 335 g/mol. The van der Waals surface area contributed by atoms with Crippen molar-refractivity contribution in [1.29, 1.82) is 0 Å². The monoisotopic (exact) mass is 335 g/mol. The molecule has 0 saturated carbocycles. The van der Waals surface area contributed by atoms with Crippen LogP contribution < -0.4 is 20.5 Å². The molecule has 0 atom stereocenters. The van der Waals surface area contributed by atoms with Crippen LogP contribution in [0.3, 0.4) is 0 Å². The third-order valence-corrected chi connectivity index (χ3v) is 4.21. The largest absolute Gasteiger partial charge is 0.493 e. The number of nitrogens with one attached hydrogen (secondary N) is 1. The van der Waals surface area contributed by atoms with Crippen molar-refractivity contribution in [2.45, 2.75) is 19.4 Å². The summed E-state index contributed by atoms with van der Waals surface area (Å²) in [6.07, 6.45) is 1.67. The lowest BCUT2D eigenvalue weighted by Crippen LogP contribution is -2.25. The number of amides is 1. The predicted octanol–water partition coefficient (Wildman–Crippen LogP) is 1.98. The van der Waals surface area contributed by atoms with E-state index in [1.165, 1.54) is 11.3 Å². The minimum atomic E-state index is -0.159. The van der Waals surface area contributed by atoms with Gasteiger partial charge in [0.25, 0.3) is 5.91 Å². The zero-order valence-corrected chi connectivity index (χ0v) is 14.1. The maximum absolute atomic E-state index is 11.9. The van der Waals surface area contributed by atoms with Crippen molar-refractivity contribution in [2.24, 2.45) is 5.73 Å². The van der Waals surface area contributed by atoms with E-state index in [1.807, 2.05) is 18.2 Å². The standard InChI is InChI=1S/C16H21N3O3S/c1-21-13-6-5-11(8-14(13)22-2)4-3-7-18-16(20)12-10-23-15(9-17)19-12/h5-6,8,10H,3-4,7,9,17H2,1-2H3,(H,18,20). The molecule has 0 aliphatic heterocycles. The van der Waals surface area contributed by atoms with Gasteiger partial charge in [0, 0.05) is 18.5 Å². The number of ether oxygens (including phenoxy) is 2. The van der Waals surface area contributed by atoms with Crippen molar-refractivity contribution in [1.82, 2.24) is 10.3 Å². The number of aryl methyl sites for hydroxylation is 1. The SMILES string of the molecule is COc1ccc(CCCNC(=O)c2csc(CN)n2)cc1OC. The zero-order valence-electron chi connectivity index (χ0n) is 13.3. The molecule has 3 N–H and O–H groups in total. The van der Waals surface area contributed by atoms with E-state index in [1.54, 1.807) is 19.6 Å². The van der Waals surface area contributed by atoms with Gasteiger partial charge in [-0.3, -0.25) is 4.79 Å². The van der Waals surface area contributed by atoms with Crippen molar-refractivity contribution in [3.8, 4) is 11.5 Å². The van der Waals surface area contributed by atoms with Crippen LogP contribution in [0, 0.1) is 0 Å². The summed E-state index contributed by atoms with van der Waals surface area (Å²) < 4.78 is 10.5. The topological polar surface area (TPSA) is 86.5 Å². The van der Waals surface area contributed by atoms with E-state index in [0.29, 0.717) is 30.3 Å². The van der Waals surface area contributed by atoms with Gasteiger partial charge in [0.15, 0.2) is 11.5 Å². The van der Waals surface area contributed by atoms with Crippen LogP contribution in [0.4, 0.5) is 0 Å². The third-order valence-electron chi connectivity index (χ3n) is 3.33. The summed E-state index contributed by atoms with van der Waals surface area (Å²) in [4.78, 5) is 16.1. The number of hydrogen-bond donors (Lipinski definition) is 2. The van der Waals surface area contributed by atoms with E-state index in [0.717, 1.165) is 23.4 Å². The summed E-state index contributed by atoms with van der Waals surface area (Å²) in [7, 11) is 3.23. The maximum Gasteiger partial charge on any atom is 0.270 e. The van der Waals surface area contributed by atoms with E-state index in [9.17, 15) is 4.79 Å². The van der Waals surface area contributed by atoms with Gasteiger partial charge in [0.05, 0.1) is 14.2 Å². The molecule has 0 aliphatic carbocycles. The Kier molecular flexibility index (Phi) is 6.37. The molecule has 0 saturated heterocycles. The number of methoxy groups -OCH3 is 2. The van der Waals surface area contributed by atoms with E-state index >= 15 is 0 Å². The Morgan fingerprint density at radius 2 is 2.09 bits per heavy atom. The molecule has 1 heterocycles. The first-order chi connectivity index (χ1) is 11.2. The Labute approximate surface area is 139 Å². The Hall–Kier alpha value is -2.12. The van der Waals surface area contributed by atoms with Crippen LogP contribution in [0.25, 0.3) is 0 Å². The summed E-state index contributed by atoms with van der Waals surface area (Å²) in [5.41, 5.74) is 7.06. The molecule has 0 aliphatic rings. The van der Waals surface area contributed by atoms with Gasteiger partial charge < -0.3 is 20.5 Å². The third kappa shape index (κ3) is 4.67. The lowest BCUT2D eigenvalue weighted by molar-refractivity contribution is 0.0949. The normalized spacial score (nSPS) is 10.4. The molecule has 23 heavy (non-hydrogen) atoms. The Balaban J connectivity index is 1.80. The molecule has 1 amide bonds. The highest BCUT2D eigenvalue weighted by Crippen LogP contribution is 2.27. The van der Waals surface area contributed by atoms with Crippen molar-refractivity contribution >= 4 is 17.2 Å². The van der Waals surface area contributed by atoms with Crippen LogP contribution in [-0.4, -0.2) is 31.7 Å². The fraction of sp³-hybridized carbons (Fsp3) is 0.375. The smallest absolute Gasteiger partial charge is 0.270 e. The molecular formula is C16H21N3O3S. The molecule has 124 valence electrons. The number of nitrogens with two attached hydrogens (primary N) is 1. The Bertz CT molecular complexity index is 658. The number of hydrogen-bond acceptors (Lipinski definition) is 6. The van der Waals surface area contributed by atoms with E-state index in [2.05, 4.69) is 10.3 Å². The molecule has 0 bridgehead atoms. The summed E-state index contributed by atoms with van der Waals surface area (Å²) in [5, 5.41) is 5.36. The summed E-state index contributed by atoms with van der Waals surface area (Å²) in [6.45, 7) is 0.944. The van der Waals surface area contributed by atoms with Gasteiger partial charge in [-0.25, -0.2) is 4.98 Å². The van der Waals surface area contributed by atoms with Gasteiger partial charge >= 0.3 is 0 Å². The fourth-order valence-electron chi connectivity index (χ4n) is 2.13. The van der Waals surface area contributed by atoms with Crippen LogP contribution in [0.1, 0.15) is 27.5 Å². The number of thiazole rings is 1. The molecule has 0 fully saturated rings. The van der Waals surface area contributed by atoms with Crippen LogP contribution >= 0.6 is 11.3 Å². The summed E-state index contributed by atoms with van der Waals surface area (Å²) in [6, 6.07) is 5.84. The Morgan fingerprint density at radius 1 is 1.30 bits per heavy atom. The number of nitrogens with zero attached hydrogens (tertiary/aromatic N) is 1. The summed E-state index contributed by atoms with van der Waals surface area (Å²) >= 11 is 1.40. The van der Waals surface area contributed by atoms with Crippen molar-refractivity contribution in [3.63, 3.8) is 0 Å². The average Bonchev–Trinajstić information content (AvgIpc) is 3.07. The van der Waals surface area contributed by atoms with Crippen LogP contribution in [0.5, 0.6) is 11.5 Å². The lowest BCUT2D eigenvalue weighted by atomic mass is 10.1. The number of carbonyl (C=O) groups is 1. The van der Waals surface area contributed by atoms with Crippen molar-refractivity contribution < 1.29 is 14.3 Å². The number of benzene rings is 1. The number of carbonyl (C=O) groups excluding carboxylic acids is 1. The molecule has 0 spiro atoms. The molecule has 6 nitrogen and oxygen atoms in total. The van der Waals surface area contributed by atoms with Crippen LogP contribution in [-0.2, 0) is 13.0 Å². The van der Waals surface area contributed by atoms with Gasteiger partial charge in [-0.05, 0) is 30.5 Å². The van der Waals surface area contributed by atoms with Gasteiger partial charge in [-0.2, -0.15) is 0 Å². The maximum atomic E-state index is 11.9. The van der Waals surface area contributed by atoms with E-state index in [4.69, 9.17) is 15.2 Å². The predicted molar refractivity (Wildman–Crippen MR) is 90.2 cm³/mol. The van der Waals surface area contributed by atoms with Gasteiger partial charge in [0.1, 0.15) is 10.7 Å². The number of rotatable bonds is 8. The highest BCUT2D eigenvalue weighted by molar-refractivity contribution is 7.09. The minimum Gasteiger partial charge on any atom is -0.493 e. The molecule has 2 aromatic rings. The fourth-order valence-corrected chi connectivity index (χ4v) is 2.78. The van der Waals surface area contributed by atoms with Crippen LogP contribution in [0.2, 0.25) is 0 Å². The highest BCUT2D eigenvalue weighted by Gasteiger charge is 2.09. The first kappa shape index (κ1) is 17.2. The second-order valence-electron chi connectivity index (χ2n) is 4.88. The van der Waals surface area contributed by atoms with E-state index < -0.39 is 0 Å². The molecule has 2 rings (SSSR count). The van der Waals surface area contributed by atoms with Gasteiger partial charge in [0.2, 0.25) is 0 Å². The van der Waals surface area contributed by atoms with E-state index in [-0.39, 0.29) is 5.91 Å². The Morgan fingerprint density at radius 3 is 2.74 bits per heavy atom. The molecule has 1 aromatic carbocycles. The molecule has 0 radical (unpaired) electrons. The van der Waals surface area contributed by atoms with Crippen LogP contribution in [0.15, 0.2) is 23.6 Å². The second-order valence-corrected chi connectivity index (χ2v) is 5.82. The molecule has 1 aromatic heterocycles. The second kappa shape index (κ2) is 8.50. The minimum absolute atomic E-state index is 0.159. The van der Waals surface area contributed by atoms with Gasteiger partial charge in [-0.1, -0.05) is 6.07 Å². The molecular weight excluding hydrogens is 314 g/mol. The zero-order chi connectivity index (χ0) is 16.7. The highest BCUT2D eigenvalue weighted by atomic mass is 32.1. The lowest BCUT2D eigenvalue weighted by Gasteiger charge is -2.09. The molecule has 7 heteroatoms.